The molecule has 1 fully saturated rings. The van der Waals surface area contributed by atoms with Crippen molar-refractivity contribution in [2.45, 2.75) is 77.2 Å². The van der Waals surface area contributed by atoms with Crippen LogP contribution in [0.15, 0.2) is 53.3 Å². The molecular formula is C28H32ClN3O5. The van der Waals surface area contributed by atoms with E-state index in [1.807, 2.05) is 6.07 Å². The van der Waals surface area contributed by atoms with Crippen LogP contribution in [0.5, 0.6) is 0 Å². The first-order valence-corrected chi connectivity index (χ1v) is 12.9. The summed E-state index contributed by atoms with van der Waals surface area (Å²) < 4.78 is 12.8. The Bertz CT molecular complexity index is 1340. The van der Waals surface area contributed by atoms with E-state index in [-0.39, 0.29) is 23.7 Å². The van der Waals surface area contributed by atoms with E-state index in [0.717, 1.165) is 0 Å². The molecule has 1 aliphatic rings. The van der Waals surface area contributed by atoms with Crippen LogP contribution in [0.25, 0.3) is 10.9 Å². The maximum Gasteiger partial charge on any atom is 0.408 e. The molecular weight excluding hydrogens is 494 g/mol. The molecule has 0 aliphatic heterocycles. The second kappa shape index (κ2) is 10.9. The van der Waals surface area contributed by atoms with Gasteiger partial charge in [0.1, 0.15) is 17.5 Å². The third-order valence-corrected chi connectivity index (χ3v) is 6.63. The average Bonchev–Trinajstić information content (AvgIpc) is 2.84. The predicted octanol–water partition coefficient (Wildman–Crippen LogP) is 5.98. The zero-order valence-electron chi connectivity index (χ0n) is 21.5. The van der Waals surface area contributed by atoms with E-state index < -0.39 is 17.7 Å². The molecule has 0 unspecified atom stereocenters. The van der Waals surface area contributed by atoms with Gasteiger partial charge in [0.05, 0.1) is 27.5 Å². The number of amides is 1. The van der Waals surface area contributed by atoms with Crippen molar-refractivity contribution in [3.05, 3.63) is 75.3 Å². The zero-order valence-corrected chi connectivity index (χ0v) is 22.2. The fourth-order valence-electron chi connectivity index (χ4n) is 4.64. The Hall–Kier alpha value is -3.39. The first-order chi connectivity index (χ1) is 17.5. The lowest BCUT2D eigenvalue weighted by molar-refractivity contribution is 0.0168. The van der Waals surface area contributed by atoms with Gasteiger partial charge in [0.15, 0.2) is 0 Å². The Balaban J connectivity index is 1.59. The first kappa shape index (κ1) is 26.7. The van der Waals surface area contributed by atoms with Gasteiger partial charge in [0.2, 0.25) is 0 Å². The van der Waals surface area contributed by atoms with Crippen molar-refractivity contribution >= 4 is 34.6 Å². The lowest BCUT2D eigenvalue weighted by atomic mass is 9.92. The summed E-state index contributed by atoms with van der Waals surface area (Å²) in [7, 11) is 0. The summed E-state index contributed by atoms with van der Waals surface area (Å²) in [5, 5.41) is 3.48. The van der Waals surface area contributed by atoms with Gasteiger partial charge in [-0.2, -0.15) is 0 Å². The molecule has 1 saturated carbocycles. The standard InChI is InChI=1S/C28H32ClN3O5/c1-17(30-27(35)37-28(2,3)4)24-31-22-12-8-11-21(29)23(22)25(33)32(24)19-13-15-20(16-14-19)36-26(34)18-9-6-5-7-10-18/h5-12,17,19-20H,13-16H2,1-4H3,(H,30,35)/t17-,19?,20?/m0/s1. The van der Waals surface area contributed by atoms with Gasteiger partial charge in [-0.25, -0.2) is 14.6 Å². The number of nitrogens with one attached hydrogen (secondary N) is 1. The highest BCUT2D eigenvalue weighted by Gasteiger charge is 2.30. The Morgan fingerprint density at radius 1 is 1.05 bits per heavy atom. The zero-order chi connectivity index (χ0) is 26.7. The minimum absolute atomic E-state index is 0.190. The summed E-state index contributed by atoms with van der Waals surface area (Å²) in [5.74, 6) is 0.0756. The van der Waals surface area contributed by atoms with Crippen LogP contribution in [0.3, 0.4) is 0 Å². The summed E-state index contributed by atoms with van der Waals surface area (Å²) in [4.78, 5) is 43.5. The van der Waals surface area contributed by atoms with E-state index in [9.17, 15) is 14.4 Å². The monoisotopic (exact) mass is 525 g/mol. The molecule has 37 heavy (non-hydrogen) atoms. The number of esters is 1. The minimum atomic E-state index is -0.663. The third kappa shape index (κ3) is 6.31. The molecule has 1 atom stereocenters. The second-order valence-electron chi connectivity index (χ2n) is 10.3. The van der Waals surface area contributed by atoms with Crippen molar-refractivity contribution in [2.75, 3.05) is 0 Å². The fraction of sp³-hybridized carbons (Fsp3) is 0.429. The number of ether oxygens (including phenoxy) is 2. The van der Waals surface area contributed by atoms with Crippen molar-refractivity contribution in [1.82, 2.24) is 14.9 Å². The number of rotatable bonds is 5. The molecule has 1 heterocycles. The van der Waals surface area contributed by atoms with E-state index in [2.05, 4.69) is 5.32 Å². The van der Waals surface area contributed by atoms with E-state index in [4.69, 9.17) is 26.1 Å². The molecule has 196 valence electrons. The van der Waals surface area contributed by atoms with E-state index >= 15 is 0 Å². The molecule has 0 bridgehead atoms. The smallest absolute Gasteiger partial charge is 0.408 e. The van der Waals surface area contributed by atoms with Gasteiger partial charge >= 0.3 is 12.1 Å². The van der Waals surface area contributed by atoms with Crippen molar-refractivity contribution in [2.24, 2.45) is 0 Å². The molecule has 0 radical (unpaired) electrons. The van der Waals surface area contributed by atoms with Gasteiger partial charge in [0.25, 0.3) is 5.56 Å². The van der Waals surface area contributed by atoms with Crippen LogP contribution in [0.4, 0.5) is 4.79 Å². The van der Waals surface area contributed by atoms with Crippen LogP contribution in [-0.2, 0) is 9.47 Å². The van der Waals surface area contributed by atoms with Crippen LogP contribution in [-0.4, -0.2) is 33.3 Å². The summed E-state index contributed by atoms with van der Waals surface area (Å²) in [6.07, 6.45) is 1.58. The van der Waals surface area contributed by atoms with Gasteiger partial charge in [-0.05, 0) is 77.6 Å². The molecule has 4 rings (SSSR count). The van der Waals surface area contributed by atoms with Crippen LogP contribution >= 0.6 is 11.6 Å². The minimum Gasteiger partial charge on any atom is -0.459 e. The Labute approximate surface area is 220 Å². The van der Waals surface area contributed by atoms with Crippen LogP contribution in [0, 0.1) is 0 Å². The lowest BCUT2D eigenvalue weighted by Gasteiger charge is -2.32. The Morgan fingerprint density at radius 2 is 1.73 bits per heavy atom. The maximum absolute atomic E-state index is 13.7. The number of halogens is 1. The highest BCUT2D eigenvalue weighted by Crippen LogP contribution is 2.32. The molecule has 3 aromatic rings. The average molecular weight is 526 g/mol. The van der Waals surface area contributed by atoms with Crippen LogP contribution < -0.4 is 10.9 Å². The molecule has 2 aromatic carbocycles. The van der Waals surface area contributed by atoms with Crippen LogP contribution in [0.1, 0.15) is 81.6 Å². The largest absolute Gasteiger partial charge is 0.459 e. The van der Waals surface area contributed by atoms with Gasteiger partial charge in [-0.1, -0.05) is 35.9 Å². The number of benzene rings is 2. The van der Waals surface area contributed by atoms with E-state index in [0.29, 0.717) is 53.0 Å². The topological polar surface area (TPSA) is 99.5 Å². The third-order valence-electron chi connectivity index (χ3n) is 6.32. The van der Waals surface area contributed by atoms with Crippen molar-refractivity contribution < 1.29 is 19.1 Å². The van der Waals surface area contributed by atoms with Gasteiger partial charge in [0, 0.05) is 6.04 Å². The molecule has 8 nitrogen and oxygen atoms in total. The summed E-state index contributed by atoms with van der Waals surface area (Å²) in [5.41, 5.74) is 0.0578. The molecule has 9 heteroatoms. The van der Waals surface area contributed by atoms with Gasteiger partial charge in [-0.15, -0.1) is 0 Å². The highest BCUT2D eigenvalue weighted by molar-refractivity contribution is 6.35. The Morgan fingerprint density at radius 3 is 2.38 bits per heavy atom. The maximum atomic E-state index is 13.7. The van der Waals surface area contributed by atoms with E-state index in [1.165, 1.54) is 0 Å². The van der Waals surface area contributed by atoms with Crippen molar-refractivity contribution in [3.63, 3.8) is 0 Å². The predicted molar refractivity (Wildman–Crippen MR) is 142 cm³/mol. The quantitative estimate of drug-likeness (QED) is 0.411. The Kier molecular flexibility index (Phi) is 7.87. The fourth-order valence-corrected chi connectivity index (χ4v) is 4.89. The van der Waals surface area contributed by atoms with Gasteiger partial charge in [-0.3, -0.25) is 9.36 Å². The second-order valence-corrected chi connectivity index (χ2v) is 10.8. The summed E-state index contributed by atoms with van der Waals surface area (Å²) in [6, 6.07) is 13.2. The molecule has 1 aliphatic carbocycles. The molecule has 0 spiro atoms. The number of aromatic nitrogens is 2. The normalized spacial score (nSPS) is 18.7. The number of hydrogen-bond acceptors (Lipinski definition) is 6. The van der Waals surface area contributed by atoms with Crippen molar-refractivity contribution in [1.29, 1.82) is 0 Å². The number of fused-ring (bicyclic) bond motifs is 1. The van der Waals surface area contributed by atoms with E-state index in [1.54, 1.807) is 74.7 Å². The molecule has 1 N–H and O–H groups in total. The SMILES string of the molecule is C[C@H](NC(=O)OC(C)(C)C)c1nc2cccc(Cl)c2c(=O)n1C1CCC(OC(=O)c2ccccc2)CC1. The number of carbonyl (C=O) groups is 2. The number of hydrogen-bond donors (Lipinski definition) is 1. The lowest BCUT2D eigenvalue weighted by Crippen LogP contribution is -2.39. The van der Waals surface area contributed by atoms with Gasteiger partial charge < -0.3 is 14.8 Å². The summed E-state index contributed by atoms with van der Waals surface area (Å²) in [6.45, 7) is 7.12. The highest BCUT2D eigenvalue weighted by atomic mass is 35.5. The number of carbonyl (C=O) groups excluding carboxylic acids is 2. The molecule has 1 aromatic heterocycles. The molecule has 1 amide bonds. The van der Waals surface area contributed by atoms with Crippen LogP contribution in [0.2, 0.25) is 5.02 Å². The first-order valence-electron chi connectivity index (χ1n) is 12.5. The van der Waals surface area contributed by atoms with Crippen molar-refractivity contribution in [3.8, 4) is 0 Å². The number of alkyl carbamates (subject to hydrolysis) is 1. The number of nitrogens with zero attached hydrogens (tertiary/aromatic N) is 2. The molecule has 0 saturated heterocycles. The summed E-state index contributed by atoms with van der Waals surface area (Å²) >= 11 is 6.40.